The molecule has 0 aromatic rings. The van der Waals surface area contributed by atoms with Crippen LogP contribution in [0.2, 0.25) is 0 Å². The van der Waals surface area contributed by atoms with E-state index in [-0.39, 0.29) is 29.6 Å². The average molecular weight is 266 g/mol. The van der Waals surface area contributed by atoms with Gasteiger partial charge in [0.25, 0.3) is 0 Å². The summed E-state index contributed by atoms with van der Waals surface area (Å²) < 4.78 is 73.8. The fourth-order valence-corrected chi connectivity index (χ4v) is 0.915. The van der Waals surface area contributed by atoms with Crippen LogP contribution in [0.1, 0.15) is 0 Å². The number of alkyl halides is 3. The number of halogens is 4. The summed E-state index contributed by atoms with van der Waals surface area (Å²) in [5.41, 5.74) is -3.99. The SMILES string of the molecule is O=S(=O)(OF)C(F)C(F)(F)OCCO.[NaH]. The van der Waals surface area contributed by atoms with E-state index in [1.165, 1.54) is 0 Å². The molecule has 0 fully saturated rings. The van der Waals surface area contributed by atoms with Crippen LogP contribution >= 0.6 is 0 Å². The minimum absolute atomic E-state index is 0. The fraction of sp³-hybridized carbons (Fsp3) is 1.00. The summed E-state index contributed by atoms with van der Waals surface area (Å²) in [5.74, 6) is 0. The zero-order chi connectivity index (χ0) is 11.4. The zero-order valence-corrected chi connectivity index (χ0v) is 7.31. The number of aliphatic hydroxyl groups is 1. The predicted octanol–water partition coefficient (Wildman–Crippen LogP) is -0.534. The van der Waals surface area contributed by atoms with Gasteiger partial charge >= 0.3 is 51.3 Å². The summed E-state index contributed by atoms with van der Waals surface area (Å²) in [6.45, 7) is -1.88. The molecule has 0 aliphatic heterocycles. The van der Waals surface area contributed by atoms with Gasteiger partial charge in [-0.05, 0) is 4.53 Å². The third kappa shape index (κ3) is 5.43. The van der Waals surface area contributed by atoms with Crippen molar-refractivity contribution in [2.45, 2.75) is 11.6 Å². The number of hydrogen-bond acceptors (Lipinski definition) is 5. The third-order valence-electron chi connectivity index (χ3n) is 0.991. The van der Waals surface area contributed by atoms with Crippen LogP contribution in [-0.2, 0) is 19.2 Å². The van der Waals surface area contributed by atoms with Crippen molar-refractivity contribution < 1.29 is 40.3 Å². The Hall–Kier alpha value is 0.550. The molecule has 0 saturated carbocycles. The van der Waals surface area contributed by atoms with E-state index in [1.54, 1.807) is 0 Å². The van der Waals surface area contributed by atoms with Gasteiger partial charge in [0.05, 0.1) is 13.2 Å². The van der Waals surface area contributed by atoms with Gasteiger partial charge in [-0.25, -0.2) is 4.39 Å². The number of aliphatic hydroxyl groups excluding tert-OH is 1. The Bertz CT molecular complexity index is 270. The summed E-state index contributed by atoms with van der Waals surface area (Å²) in [6.07, 6.45) is -4.78. The molecule has 0 bridgehead atoms. The molecule has 0 spiro atoms. The normalized spacial score (nSPS) is 14.5. The standard InChI is InChI=1S/C4H6F4O5S.Na.H/c5-3(14(10,11)13-8)4(6,7)12-2-1-9;;/h3,9H,1-2H2;;. The quantitative estimate of drug-likeness (QED) is 0.516. The molecule has 0 amide bonds. The molecule has 1 unspecified atom stereocenters. The van der Waals surface area contributed by atoms with Gasteiger partial charge in [0.1, 0.15) is 0 Å². The van der Waals surface area contributed by atoms with Crippen molar-refractivity contribution in [1.82, 2.24) is 0 Å². The van der Waals surface area contributed by atoms with Gasteiger partial charge in [0.15, 0.2) is 0 Å². The summed E-state index contributed by atoms with van der Waals surface area (Å²) in [6, 6.07) is 0. The van der Waals surface area contributed by atoms with Crippen LogP contribution in [0.3, 0.4) is 0 Å². The Labute approximate surface area is 105 Å². The maximum atomic E-state index is 12.4. The second kappa shape index (κ2) is 6.99. The number of rotatable bonds is 6. The van der Waals surface area contributed by atoms with Crippen LogP contribution < -0.4 is 0 Å². The summed E-state index contributed by atoms with van der Waals surface area (Å²) in [5, 5.41) is 8.04. The second-order valence-electron chi connectivity index (χ2n) is 2.01. The van der Waals surface area contributed by atoms with Crippen LogP contribution in [-0.4, -0.2) is 67.9 Å². The topological polar surface area (TPSA) is 72.8 Å². The number of hydrogen-bond donors (Lipinski definition) is 1. The van der Waals surface area contributed by atoms with Gasteiger partial charge in [-0.1, -0.05) is 4.39 Å². The Morgan fingerprint density at radius 3 is 2.20 bits per heavy atom. The maximum absolute atomic E-state index is 12.4. The molecule has 0 heterocycles. The van der Waals surface area contributed by atoms with Gasteiger partial charge in [0.2, 0.25) is 0 Å². The van der Waals surface area contributed by atoms with Crippen molar-refractivity contribution >= 4 is 39.7 Å². The monoisotopic (exact) mass is 266 g/mol. The van der Waals surface area contributed by atoms with Crippen molar-refractivity contribution in [2.24, 2.45) is 0 Å². The minimum atomic E-state index is -5.68. The molecule has 0 rings (SSSR count). The van der Waals surface area contributed by atoms with E-state index in [1.807, 2.05) is 4.39 Å². The van der Waals surface area contributed by atoms with Gasteiger partial charge in [-0.3, -0.25) is 0 Å². The predicted molar refractivity (Wildman–Crippen MR) is 41.1 cm³/mol. The Morgan fingerprint density at radius 2 is 1.87 bits per heavy atom. The van der Waals surface area contributed by atoms with E-state index in [4.69, 9.17) is 5.11 Å². The molecule has 0 aromatic carbocycles. The van der Waals surface area contributed by atoms with E-state index in [0.29, 0.717) is 0 Å². The molecular formula is C4H7F4NaO5S. The van der Waals surface area contributed by atoms with Crippen molar-refractivity contribution in [3.63, 3.8) is 0 Å². The van der Waals surface area contributed by atoms with Gasteiger partial charge in [-0.15, -0.1) is 0 Å². The summed E-state index contributed by atoms with van der Waals surface area (Å²) in [7, 11) is -5.68. The van der Waals surface area contributed by atoms with Crippen LogP contribution in [0.25, 0.3) is 0 Å². The van der Waals surface area contributed by atoms with Crippen molar-refractivity contribution in [2.75, 3.05) is 13.2 Å². The first kappa shape index (κ1) is 17.9. The first-order valence-electron chi connectivity index (χ1n) is 3.08. The molecule has 0 radical (unpaired) electrons. The molecule has 0 saturated heterocycles. The Balaban J connectivity index is 0. The van der Waals surface area contributed by atoms with Gasteiger partial charge < -0.3 is 9.84 Å². The van der Waals surface area contributed by atoms with E-state index >= 15 is 0 Å². The van der Waals surface area contributed by atoms with Crippen LogP contribution in [0.4, 0.5) is 17.7 Å². The van der Waals surface area contributed by atoms with Gasteiger partial charge in [0, 0.05) is 0 Å². The van der Waals surface area contributed by atoms with E-state index < -0.39 is 34.9 Å². The molecule has 88 valence electrons. The van der Waals surface area contributed by atoms with Crippen LogP contribution in [0.15, 0.2) is 0 Å². The molecular weight excluding hydrogens is 259 g/mol. The van der Waals surface area contributed by atoms with Crippen molar-refractivity contribution in [1.29, 1.82) is 0 Å². The van der Waals surface area contributed by atoms with Crippen LogP contribution in [0.5, 0.6) is 0 Å². The summed E-state index contributed by atoms with van der Waals surface area (Å²) in [4.78, 5) is 0. The number of ether oxygens (including phenoxy) is 1. The van der Waals surface area contributed by atoms with E-state index in [9.17, 15) is 26.1 Å². The molecule has 1 atom stereocenters. The average Bonchev–Trinajstić information content (AvgIpc) is 2.13. The third-order valence-corrected chi connectivity index (χ3v) is 1.95. The van der Waals surface area contributed by atoms with Gasteiger partial charge in [-0.2, -0.15) is 17.2 Å². The fourth-order valence-electron chi connectivity index (χ4n) is 0.447. The molecule has 5 nitrogen and oxygen atoms in total. The van der Waals surface area contributed by atoms with E-state index in [2.05, 4.69) is 4.74 Å². The van der Waals surface area contributed by atoms with Crippen LogP contribution in [0, 0.1) is 0 Å². The first-order chi connectivity index (χ1) is 6.28. The Kier molecular flexibility index (Phi) is 8.35. The molecule has 1 N–H and O–H groups in total. The van der Waals surface area contributed by atoms with Crippen molar-refractivity contribution in [3.8, 4) is 0 Å². The molecule has 11 heteroatoms. The molecule has 0 aliphatic carbocycles. The summed E-state index contributed by atoms with van der Waals surface area (Å²) >= 11 is 0. The zero-order valence-electron chi connectivity index (χ0n) is 6.49. The second-order valence-corrected chi connectivity index (χ2v) is 3.53. The van der Waals surface area contributed by atoms with E-state index in [0.717, 1.165) is 0 Å². The molecule has 0 aliphatic rings. The Morgan fingerprint density at radius 1 is 1.40 bits per heavy atom. The van der Waals surface area contributed by atoms with Crippen molar-refractivity contribution in [3.05, 3.63) is 0 Å². The first-order valence-corrected chi connectivity index (χ1v) is 4.56. The molecule has 0 aromatic heterocycles. The molecule has 15 heavy (non-hydrogen) atoms.